The predicted octanol–water partition coefficient (Wildman–Crippen LogP) is 6.86. The van der Waals surface area contributed by atoms with Gasteiger partial charge in [0.15, 0.2) is 0 Å². The molecule has 3 heterocycles. The van der Waals surface area contributed by atoms with Crippen molar-refractivity contribution in [3.8, 4) is 6.07 Å². The molecule has 2 aromatic carbocycles. The van der Waals surface area contributed by atoms with Crippen LogP contribution in [0.5, 0.6) is 0 Å². The highest BCUT2D eigenvalue weighted by atomic mass is 32.1. The fourth-order valence-corrected chi connectivity index (χ4v) is 5.34. The maximum atomic E-state index is 12.9. The van der Waals surface area contributed by atoms with Gasteiger partial charge in [-0.25, -0.2) is 0 Å². The summed E-state index contributed by atoms with van der Waals surface area (Å²) < 4.78 is 77.0. The van der Waals surface area contributed by atoms with Crippen LogP contribution in [0.25, 0.3) is 0 Å². The maximum absolute atomic E-state index is 12.9. The van der Waals surface area contributed by atoms with E-state index >= 15 is 0 Å². The van der Waals surface area contributed by atoms with Gasteiger partial charge in [0.2, 0.25) is 0 Å². The Bertz CT molecular complexity index is 1460. The summed E-state index contributed by atoms with van der Waals surface area (Å²) in [5.41, 5.74) is 1.19. The first-order valence-electron chi connectivity index (χ1n) is 13.9. The average molecular weight is 623 g/mol. The summed E-state index contributed by atoms with van der Waals surface area (Å²) in [5.74, 6) is 0. The topological polar surface area (TPSA) is 61.3 Å². The molecule has 2 fully saturated rings. The van der Waals surface area contributed by atoms with Crippen molar-refractivity contribution >= 4 is 29.3 Å². The lowest BCUT2D eigenvalue weighted by Crippen LogP contribution is -2.31. The Morgan fingerprint density at radius 1 is 0.698 bits per heavy atom. The van der Waals surface area contributed by atoms with Gasteiger partial charge in [-0.2, -0.15) is 31.6 Å². The summed E-state index contributed by atoms with van der Waals surface area (Å²) >= 11 is 5.17. The molecular formula is C30H32F6N6S. The van der Waals surface area contributed by atoms with Crippen LogP contribution in [0.15, 0.2) is 60.8 Å². The van der Waals surface area contributed by atoms with Crippen LogP contribution < -0.4 is 20.0 Å². The number of rotatable bonds is 3. The molecular weight excluding hydrogens is 590 g/mol. The predicted molar refractivity (Wildman–Crippen MR) is 158 cm³/mol. The van der Waals surface area contributed by atoms with Crippen molar-refractivity contribution in [1.29, 1.82) is 5.26 Å². The van der Waals surface area contributed by atoms with E-state index in [0.717, 1.165) is 56.8 Å². The number of alkyl halides is 6. The molecule has 230 valence electrons. The van der Waals surface area contributed by atoms with E-state index in [4.69, 9.17) is 12.2 Å². The zero-order chi connectivity index (χ0) is 31.0. The zero-order valence-electron chi connectivity index (χ0n) is 23.3. The van der Waals surface area contributed by atoms with E-state index < -0.39 is 23.5 Å². The Hall–Kier alpha value is -3.76. The van der Waals surface area contributed by atoms with Gasteiger partial charge in [0.05, 0.1) is 16.8 Å². The van der Waals surface area contributed by atoms with Crippen LogP contribution in [-0.4, -0.2) is 57.3 Å². The van der Waals surface area contributed by atoms with Gasteiger partial charge in [-0.1, -0.05) is 24.4 Å². The Morgan fingerprint density at radius 2 is 1.26 bits per heavy atom. The maximum Gasteiger partial charge on any atom is 0.416 e. The lowest BCUT2D eigenvalue weighted by molar-refractivity contribution is -0.138. The molecule has 0 aliphatic carbocycles. The molecule has 2 aliphatic heterocycles. The third kappa shape index (κ3) is 8.64. The summed E-state index contributed by atoms with van der Waals surface area (Å²) in [6, 6.07) is 14.9. The second kappa shape index (κ2) is 14.1. The van der Waals surface area contributed by atoms with Crippen molar-refractivity contribution in [3.63, 3.8) is 0 Å². The van der Waals surface area contributed by atoms with Crippen molar-refractivity contribution < 1.29 is 26.3 Å². The van der Waals surface area contributed by atoms with Crippen LogP contribution in [-0.2, 0) is 12.4 Å². The van der Waals surface area contributed by atoms with Crippen LogP contribution in [0.2, 0.25) is 0 Å². The van der Waals surface area contributed by atoms with Crippen molar-refractivity contribution in [2.75, 3.05) is 67.1 Å². The number of H-pyrrole nitrogens is 1. The highest BCUT2D eigenvalue weighted by Gasteiger charge is 2.32. The second-order valence-corrected chi connectivity index (χ2v) is 10.6. The van der Waals surface area contributed by atoms with E-state index in [9.17, 15) is 31.6 Å². The SMILES string of the molecule is FC(F)(F)c1cccc(N2CCCNCC2)c1.N#Cc1c(N2CCCN(c3cccc(C(F)(F)F)c3)CC2)cc[nH]c1=S. The molecule has 1 aromatic heterocycles. The van der Waals surface area contributed by atoms with Crippen LogP contribution in [0.3, 0.4) is 0 Å². The number of pyridine rings is 1. The first-order chi connectivity index (χ1) is 20.5. The number of nitrogens with zero attached hydrogens (tertiary/aromatic N) is 4. The van der Waals surface area contributed by atoms with Gasteiger partial charge in [0.1, 0.15) is 16.3 Å². The standard InChI is InChI=1S/C18H17F3N4S.C12H15F3N2/c19-18(20,21)13-3-1-4-14(11-13)24-7-2-8-25(10-9-24)16-5-6-23-17(26)15(16)12-22;13-12(14,15)10-3-1-4-11(9-10)17-7-2-5-16-6-8-17/h1,3-6,11H,2,7-10H2,(H,23,26);1,3-4,9,16H,2,5-8H2. The molecule has 0 saturated carbocycles. The van der Waals surface area contributed by atoms with Gasteiger partial charge in [0.25, 0.3) is 0 Å². The minimum absolute atomic E-state index is 0.393. The van der Waals surface area contributed by atoms with E-state index in [1.807, 2.05) is 15.9 Å². The molecule has 0 atom stereocenters. The van der Waals surface area contributed by atoms with Crippen LogP contribution in [0.1, 0.15) is 29.5 Å². The number of hydrogen-bond acceptors (Lipinski definition) is 6. The zero-order valence-corrected chi connectivity index (χ0v) is 24.1. The first kappa shape index (κ1) is 32.2. The van der Waals surface area contributed by atoms with Gasteiger partial charge in [0, 0.05) is 63.4 Å². The van der Waals surface area contributed by atoms with Crippen molar-refractivity contribution in [2.24, 2.45) is 0 Å². The highest BCUT2D eigenvalue weighted by molar-refractivity contribution is 7.71. The van der Waals surface area contributed by atoms with Crippen molar-refractivity contribution in [1.82, 2.24) is 10.3 Å². The van der Waals surface area contributed by atoms with Gasteiger partial charge in [-0.3, -0.25) is 0 Å². The number of halogens is 6. The summed E-state index contributed by atoms with van der Waals surface area (Å²) in [7, 11) is 0. The van der Waals surface area contributed by atoms with Crippen LogP contribution >= 0.6 is 12.2 Å². The van der Waals surface area contributed by atoms with Gasteiger partial charge < -0.3 is 25.0 Å². The van der Waals surface area contributed by atoms with E-state index in [2.05, 4.69) is 21.3 Å². The highest BCUT2D eigenvalue weighted by Crippen LogP contribution is 2.33. The Labute approximate surface area is 251 Å². The number of aromatic amines is 1. The molecule has 0 radical (unpaired) electrons. The molecule has 43 heavy (non-hydrogen) atoms. The quantitative estimate of drug-likeness (QED) is 0.246. The number of hydrogen-bond donors (Lipinski definition) is 2. The van der Waals surface area contributed by atoms with E-state index in [-0.39, 0.29) is 0 Å². The smallest absolute Gasteiger partial charge is 0.370 e. The third-order valence-electron chi connectivity index (χ3n) is 7.30. The lowest BCUT2D eigenvalue weighted by atomic mass is 10.1. The van der Waals surface area contributed by atoms with E-state index in [1.54, 1.807) is 18.3 Å². The summed E-state index contributed by atoms with van der Waals surface area (Å²) in [6.45, 7) is 5.82. The van der Waals surface area contributed by atoms with Crippen molar-refractivity contribution in [3.05, 3.63) is 82.1 Å². The largest absolute Gasteiger partial charge is 0.416 e. The van der Waals surface area contributed by atoms with E-state index in [1.165, 1.54) is 24.3 Å². The molecule has 0 amide bonds. The van der Waals surface area contributed by atoms with E-state index in [0.29, 0.717) is 47.8 Å². The minimum Gasteiger partial charge on any atom is -0.370 e. The number of anilines is 3. The van der Waals surface area contributed by atoms with Gasteiger partial charge in [-0.15, -0.1) is 0 Å². The first-order valence-corrected chi connectivity index (χ1v) is 14.3. The Kier molecular flexibility index (Phi) is 10.6. The lowest BCUT2D eigenvalue weighted by Gasteiger charge is -2.25. The molecule has 6 nitrogen and oxygen atoms in total. The molecule has 2 aliphatic rings. The monoisotopic (exact) mass is 622 g/mol. The number of benzene rings is 2. The van der Waals surface area contributed by atoms with Crippen LogP contribution in [0.4, 0.5) is 43.4 Å². The summed E-state index contributed by atoms with van der Waals surface area (Å²) in [6.07, 6.45) is -5.19. The number of nitriles is 1. The Morgan fingerprint density at radius 3 is 1.86 bits per heavy atom. The average Bonchev–Trinajstić information content (AvgIpc) is 3.41. The van der Waals surface area contributed by atoms with Crippen molar-refractivity contribution in [2.45, 2.75) is 25.2 Å². The molecule has 2 saturated heterocycles. The normalized spacial score (nSPS) is 16.4. The molecule has 0 spiro atoms. The second-order valence-electron chi connectivity index (χ2n) is 10.2. The third-order valence-corrected chi connectivity index (χ3v) is 7.63. The van der Waals surface area contributed by atoms with Crippen LogP contribution in [0, 0.1) is 16.0 Å². The molecule has 3 aromatic rings. The molecule has 13 heteroatoms. The summed E-state index contributed by atoms with van der Waals surface area (Å²) in [4.78, 5) is 8.86. The summed E-state index contributed by atoms with van der Waals surface area (Å²) in [5, 5.41) is 12.6. The molecule has 0 bridgehead atoms. The fraction of sp³-hybridized carbons (Fsp3) is 0.400. The number of aromatic nitrogens is 1. The fourth-order valence-electron chi connectivity index (χ4n) is 5.12. The molecule has 0 unspecified atom stereocenters. The minimum atomic E-state index is -4.35. The van der Waals surface area contributed by atoms with Gasteiger partial charge >= 0.3 is 12.4 Å². The number of nitrogens with one attached hydrogen (secondary N) is 2. The molecule has 2 N–H and O–H groups in total. The van der Waals surface area contributed by atoms with Gasteiger partial charge in [-0.05, 0) is 61.9 Å². The Balaban J connectivity index is 0.000000215. The molecule has 5 rings (SSSR count).